The molecule has 0 spiro atoms. The fraction of sp³-hybridized carbons (Fsp3) is 0.625. The molecule has 106 valence electrons. The van der Waals surface area contributed by atoms with E-state index in [9.17, 15) is 0 Å². The van der Waals surface area contributed by atoms with Crippen LogP contribution in [0.25, 0.3) is 0 Å². The van der Waals surface area contributed by atoms with Gasteiger partial charge in [0, 0.05) is 5.02 Å². The maximum atomic E-state index is 6.20. The largest absolute Gasteiger partial charge is 0.487 e. The minimum atomic E-state index is 0.0534. The summed E-state index contributed by atoms with van der Waals surface area (Å²) in [5.41, 5.74) is 0.0534. The normalized spacial score (nSPS) is 17.3. The summed E-state index contributed by atoms with van der Waals surface area (Å²) in [5.74, 6) is 1.64. The lowest BCUT2D eigenvalue weighted by Crippen LogP contribution is -2.45. The molecule has 2 nitrogen and oxygen atoms in total. The highest BCUT2D eigenvalue weighted by Crippen LogP contribution is 2.39. The van der Waals surface area contributed by atoms with Gasteiger partial charge in [0.15, 0.2) is 0 Å². The van der Waals surface area contributed by atoms with Crippen LogP contribution in [-0.4, -0.2) is 18.7 Å². The van der Waals surface area contributed by atoms with Crippen molar-refractivity contribution in [2.45, 2.75) is 45.1 Å². The van der Waals surface area contributed by atoms with Crippen molar-refractivity contribution < 1.29 is 4.74 Å². The first-order valence-electron chi connectivity index (χ1n) is 7.25. The lowest BCUT2D eigenvalue weighted by molar-refractivity contribution is -0.0143. The molecule has 1 aliphatic rings. The highest BCUT2D eigenvalue weighted by atomic mass is 35.5. The molecule has 0 saturated heterocycles. The Labute approximate surface area is 121 Å². The van der Waals surface area contributed by atoms with Gasteiger partial charge in [-0.15, -0.1) is 0 Å². The van der Waals surface area contributed by atoms with Crippen LogP contribution in [0.2, 0.25) is 5.02 Å². The molecule has 0 bridgehead atoms. The second-order valence-electron chi connectivity index (χ2n) is 5.94. The molecule has 1 N–H and O–H groups in total. The highest BCUT2D eigenvalue weighted by Gasteiger charge is 2.38. The molecule has 1 aliphatic carbocycles. The SMILES string of the molecule is CC(C)CNCCC1(Oc2ccc(Cl)cc2)CCC1. The summed E-state index contributed by atoms with van der Waals surface area (Å²) in [6.07, 6.45) is 4.69. The lowest BCUT2D eigenvalue weighted by atomic mass is 9.77. The Morgan fingerprint density at radius 3 is 2.47 bits per heavy atom. The van der Waals surface area contributed by atoms with E-state index in [2.05, 4.69) is 19.2 Å². The Kier molecular flexibility index (Phi) is 5.12. The van der Waals surface area contributed by atoms with E-state index in [0.717, 1.165) is 30.3 Å². The Balaban J connectivity index is 1.82. The summed E-state index contributed by atoms with van der Waals surface area (Å²) in [4.78, 5) is 0. The van der Waals surface area contributed by atoms with Crippen LogP contribution in [-0.2, 0) is 0 Å². The minimum Gasteiger partial charge on any atom is -0.487 e. The number of nitrogens with one attached hydrogen (secondary N) is 1. The van der Waals surface area contributed by atoms with Gasteiger partial charge in [-0.2, -0.15) is 0 Å². The van der Waals surface area contributed by atoms with Gasteiger partial charge in [0.2, 0.25) is 0 Å². The molecule has 0 amide bonds. The van der Waals surface area contributed by atoms with E-state index in [-0.39, 0.29) is 5.60 Å². The van der Waals surface area contributed by atoms with Gasteiger partial charge in [0.1, 0.15) is 11.4 Å². The summed E-state index contributed by atoms with van der Waals surface area (Å²) in [7, 11) is 0. The van der Waals surface area contributed by atoms with Crippen LogP contribution in [0.15, 0.2) is 24.3 Å². The molecule has 19 heavy (non-hydrogen) atoms. The van der Waals surface area contributed by atoms with Crippen LogP contribution < -0.4 is 10.1 Å². The van der Waals surface area contributed by atoms with Crippen LogP contribution >= 0.6 is 11.6 Å². The zero-order valence-corrected chi connectivity index (χ0v) is 12.7. The standard InChI is InChI=1S/C16H24ClNO/c1-13(2)12-18-11-10-16(8-3-9-16)19-15-6-4-14(17)5-7-15/h4-7,13,18H,3,8-12H2,1-2H3. The van der Waals surface area contributed by atoms with E-state index in [1.165, 1.54) is 19.3 Å². The van der Waals surface area contributed by atoms with E-state index in [0.29, 0.717) is 5.92 Å². The molecule has 0 unspecified atom stereocenters. The van der Waals surface area contributed by atoms with Gasteiger partial charge in [0.25, 0.3) is 0 Å². The Hall–Kier alpha value is -0.730. The first-order valence-corrected chi connectivity index (χ1v) is 7.63. The summed E-state index contributed by atoms with van der Waals surface area (Å²) in [6, 6.07) is 7.70. The first kappa shape index (κ1) is 14.7. The highest BCUT2D eigenvalue weighted by molar-refractivity contribution is 6.30. The first-order chi connectivity index (χ1) is 9.10. The molecular formula is C16H24ClNO. The summed E-state index contributed by atoms with van der Waals surface area (Å²) < 4.78 is 6.20. The van der Waals surface area contributed by atoms with Gasteiger partial charge in [-0.1, -0.05) is 25.4 Å². The van der Waals surface area contributed by atoms with Crippen LogP contribution in [0.4, 0.5) is 0 Å². The molecule has 1 saturated carbocycles. The second-order valence-corrected chi connectivity index (χ2v) is 6.38. The van der Waals surface area contributed by atoms with E-state index in [1.54, 1.807) is 0 Å². The zero-order chi connectivity index (χ0) is 13.7. The molecule has 1 aromatic rings. The fourth-order valence-corrected chi connectivity index (χ4v) is 2.56. The van der Waals surface area contributed by atoms with Crippen molar-refractivity contribution in [3.63, 3.8) is 0 Å². The monoisotopic (exact) mass is 281 g/mol. The van der Waals surface area contributed by atoms with Crippen molar-refractivity contribution in [1.82, 2.24) is 5.32 Å². The molecule has 0 radical (unpaired) electrons. The van der Waals surface area contributed by atoms with Crippen molar-refractivity contribution in [2.24, 2.45) is 5.92 Å². The summed E-state index contributed by atoms with van der Waals surface area (Å²) >= 11 is 5.90. The molecular weight excluding hydrogens is 258 g/mol. The number of hydrogen-bond acceptors (Lipinski definition) is 2. The van der Waals surface area contributed by atoms with Crippen molar-refractivity contribution in [3.8, 4) is 5.75 Å². The third-order valence-electron chi connectivity index (χ3n) is 3.72. The van der Waals surface area contributed by atoms with Crippen molar-refractivity contribution >= 4 is 11.6 Å². The van der Waals surface area contributed by atoms with E-state index < -0.39 is 0 Å². The molecule has 3 heteroatoms. The van der Waals surface area contributed by atoms with E-state index in [1.807, 2.05) is 24.3 Å². The van der Waals surface area contributed by atoms with Gasteiger partial charge < -0.3 is 10.1 Å². The summed E-state index contributed by atoms with van der Waals surface area (Å²) in [6.45, 7) is 6.58. The molecule has 0 aromatic heterocycles. The minimum absolute atomic E-state index is 0.0534. The third kappa shape index (κ3) is 4.39. The van der Waals surface area contributed by atoms with Crippen molar-refractivity contribution in [1.29, 1.82) is 0 Å². The van der Waals surface area contributed by atoms with Gasteiger partial charge in [-0.05, 0) is 69.0 Å². The number of benzene rings is 1. The van der Waals surface area contributed by atoms with Crippen molar-refractivity contribution in [2.75, 3.05) is 13.1 Å². The Morgan fingerprint density at radius 2 is 1.95 bits per heavy atom. The fourth-order valence-electron chi connectivity index (χ4n) is 2.43. The maximum absolute atomic E-state index is 6.20. The topological polar surface area (TPSA) is 21.3 Å². The number of hydrogen-bond donors (Lipinski definition) is 1. The van der Waals surface area contributed by atoms with Crippen LogP contribution in [0.1, 0.15) is 39.5 Å². The maximum Gasteiger partial charge on any atom is 0.120 e. The number of halogens is 1. The average Bonchev–Trinajstić information content (AvgIpc) is 2.33. The second kappa shape index (κ2) is 6.62. The predicted molar refractivity (Wildman–Crippen MR) is 81.0 cm³/mol. The average molecular weight is 282 g/mol. The van der Waals surface area contributed by atoms with Gasteiger partial charge in [-0.3, -0.25) is 0 Å². The lowest BCUT2D eigenvalue weighted by Gasteiger charge is -2.42. The van der Waals surface area contributed by atoms with E-state index >= 15 is 0 Å². The van der Waals surface area contributed by atoms with Crippen LogP contribution in [0.5, 0.6) is 5.75 Å². The van der Waals surface area contributed by atoms with Gasteiger partial charge in [0.05, 0.1) is 0 Å². The summed E-state index contributed by atoms with van der Waals surface area (Å²) in [5, 5.41) is 4.26. The number of rotatable bonds is 7. The van der Waals surface area contributed by atoms with Crippen molar-refractivity contribution in [3.05, 3.63) is 29.3 Å². The van der Waals surface area contributed by atoms with E-state index in [4.69, 9.17) is 16.3 Å². The molecule has 0 aliphatic heterocycles. The molecule has 2 rings (SSSR count). The Morgan fingerprint density at radius 1 is 1.26 bits per heavy atom. The third-order valence-corrected chi connectivity index (χ3v) is 3.97. The number of ether oxygens (including phenoxy) is 1. The zero-order valence-electron chi connectivity index (χ0n) is 11.9. The molecule has 1 aromatic carbocycles. The predicted octanol–water partition coefficient (Wildman–Crippen LogP) is 4.28. The smallest absolute Gasteiger partial charge is 0.120 e. The van der Waals surface area contributed by atoms with Gasteiger partial charge in [-0.25, -0.2) is 0 Å². The van der Waals surface area contributed by atoms with Crippen LogP contribution in [0, 0.1) is 5.92 Å². The van der Waals surface area contributed by atoms with Crippen LogP contribution in [0.3, 0.4) is 0 Å². The molecule has 0 atom stereocenters. The quantitative estimate of drug-likeness (QED) is 0.754. The molecule has 0 heterocycles. The molecule has 1 fully saturated rings. The van der Waals surface area contributed by atoms with Gasteiger partial charge >= 0.3 is 0 Å². The Bertz CT molecular complexity index is 384.